The van der Waals surface area contributed by atoms with E-state index in [1.54, 1.807) is 4.90 Å². The number of fused-ring (bicyclic) bond motifs is 2. The maximum Gasteiger partial charge on any atom is 0.327 e. The molecule has 1 N–H and O–H groups in total. The fraction of sp³-hybridized carbons (Fsp3) is 0.440. The lowest BCUT2D eigenvalue weighted by Gasteiger charge is -2.26. The van der Waals surface area contributed by atoms with Gasteiger partial charge in [0.05, 0.1) is 0 Å². The summed E-state index contributed by atoms with van der Waals surface area (Å²) in [5, 5.41) is 3.52. The van der Waals surface area contributed by atoms with Crippen LogP contribution in [0.1, 0.15) is 36.0 Å². The minimum Gasteiger partial charge on any atom is -0.489 e. The number of imide groups is 1. The molecule has 0 spiro atoms. The van der Waals surface area contributed by atoms with Gasteiger partial charge in [-0.05, 0) is 54.9 Å². The molecule has 2 unspecified atom stereocenters. The zero-order chi connectivity index (χ0) is 21.2. The number of rotatable bonds is 7. The number of carbonyl (C=O) groups excluding carboxylic acids is 2. The highest BCUT2D eigenvalue weighted by Gasteiger charge is 2.46. The van der Waals surface area contributed by atoms with E-state index in [-0.39, 0.29) is 24.1 Å². The first-order valence-electron chi connectivity index (χ1n) is 11.3. The molecule has 2 saturated heterocycles. The van der Waals surface area contributed by atoms with E-state index in [0.717, 1.165) is 50.1 Å². The summed E-state index contributed by atoms with van der Waals surface area (Å²) < 4.78 is 6.10. The number of benzene rings is 2. The van der Waals surface area contributed by atoms with Gasteiger partial charge in [0.15, 0.2) is 0 Å². The van der Waals surface area contributed by atoms with Crippen molar-refractivity contribution in [2.24, 2.45) is 0 Å². The topological polar surface area (TPSA) is 61.9 Å². The van der Waals surface area contributed by atoms with Gasteiger partial charge < -0.3 is 15.0 Å². The molecule has 0 aliphatic carbocycles. The Bertz CT molecular complexity index is 954. The third-order valence-corrected chi connectivity index (χ3v) is 6.60. The summed E-state index contributed by atoms with van der Waals surface area (Å²) in [5.41, 5.74) is 3.64. The first-order valence-corrected chi connectivity index (χ1v) is 11.3. The average Bonchev–Trinajstić information content (AvgIpc) is 3.36. The summed E-state index contributed by atoms with van der Waals surface area (Å²) in [6.07, 6.45) is 4.71. The van der Waals surface area contributed by atoms with E-state index < -0.39 is 0 Å². The summed E-state index contributed by atoms with van der Waals surface area (Å²) in [6.45, 7) is 2.75. The average molecular weight is 420 g/mol. The fourth-order valence-corrected chi connectivity index (χ4v) is 4.92. The number of ether oxygens (including phenoxy) is 1. The predicted octanol–water partition coefficient (Wildman–Crippen LogP) is 3.14. The molecule has 2 fully saturated rings. The molecule has 3 amide bonds. The number of nitrogens with zero attached hydrogens (tertiary/aromatic N) is 2. The van der Waals surface area contributed by atoms with Crippen LogP contribution in [0.2, 0.25) is 0 Å². The third kappa shape index (κ3) is 4.17. The Kier molecular flexibility index (Phi) is 5.64. The van der Waals surface area contributed by atoms with Crippen LogP contribution in [0.25, 0.3) is 0 Å². The molecule has 2 aromatic carbocycles. The van der Waals surface area contributed by atoms with Crippen molar-refractivity contribution < 1.29 is 14.3 Å². The van der Waals surface area contributed by atoms with Crippen molar-refractivity contribution in [3.05, 3.63) is 65.2 Å². The highest BCUT2D eigenvalue weighted by atomic mass is 16.5. The predicted molar refractivity (Wildman–Crippen MR) is 118 cm³/mol. The van der Waals surface area contributed by atoms with Crippen molar-refractivity contribution >= 4 is 11.9 Å². The van der Waals surface area contributed by atoms with Crippen LogP contribution in [0.3, 0.4) is 0 Å². The molecule has 5 rings (SSSR count). The molecular formula is C25H29N3O3. The maximum atomic E-state index is 12.5. The number of hydrogen-bond acceptors (Lipinski definition) is 4. The second-order valence-electron chi connectivity index (χ2n) is 8.71. The van der Waals surface area contributed by atoms with Crippen LogP contribution in [-0.4, -0.2) is 53.5 Å². The molecule has 2 atom stereocenters. The second kappa shape index (κ2) is 8.71. The molecule has 0 aromatic heterocycles. The summed E-state index contributed by atoms with van der Waals surface area (Å²) in [6, 6.07) is 16.3. The van der Waals surface area contributed by atoms with Gasteiger partial charge in [-0.15, -0.1) is 0 Å². The minimum absolute atomic E-state index is 0.0191. The lowest BCUT2D eigenvalue weighted by atomic mass is 10.0. The quantitative estimate of drug-likeness (QED) is 0.701. The fourth-order valence-electron chi connectivity index (χ4n) is 4.92. The number of urea groups is 1. The first kappa shape index (κ1) is 20.1. The van der Waals surface area contributed by atoms with E-state index >= 15 is 0 Å². The SMILES string of the molecule is O=C1C2CCCN2C(=O)N1CCc1cccc(CNCC2CCc3ccccc3O2)c1. The Labute approximate surface area is 183 Å². The maximum absolute atomic E-state index is 12.5. The van der Waals surface area contributed by atoms with Gasteiger partial charge in [0.25, 0.3) is 5.91 Å². The number of para-hydroxylation sites is 1. The van der Waals surface area contributed by atoms with E-state index in [1.165, 1.54) is 16.0 Å². The van der Waals surface area contributed by atoms with Gasteiger partial charge in [-0.3, -0.25) is 9.69 Å². The van der Waals surface area contributed by atoms with Crippen LogP contribution in [0, 0.1) is 0 Å². The lowest BCUT2D eigenvalue weighted by Crippen LogP contribution is -2.34. The molecule has 0 saturated carbocycles. The highest BCUT2D eigenvalue weighted by Crippen LogP contribution is 2.28. The summed E-state index contributed by atoms with van der Waals surface area (Å²) >= 11 is 0. The monoisotopic (exact) mass is 419 g/mol. The van der Waals surface area contributed by atoms with Crippen molar-refractivity contribution in [3.63, 3.8) is 0 Å². The molecule has 6 nitrogen and oxygen atoms in total. The first-order chi connectivity index (χ1) is 15.2. The Balaban J connectivity index is 1.11. The molecule has 0 bridgehead atoms. The highest BCUT2D eigenvalue weighted by molar-refractivity contribution is 6.04. The number of nitrogens with one attached hydrogen (secondary N) is 1. The van der Waals surface area contributed by atoms with Crippen molar-refractivity contribution in [2.75, 3.05) is 19.6 Å². The van der Waals surface area contributed by atoms with Crippen molar-refractivity contribution in [3.8, 4) is 5.75 Å². The Hall–Kier alpha value is -2.86. The molecule has 0 radical (unpaired) electrons. The van der Waals surface area contributed by atoms with E-state index in [1.807, 2.05) is 18.2 Å². The van der Waals surface area contributed by atoms with Crippen molar-refractivity contribution in [1.82, 2.24) is 15.1 Å². The zero-order valence-corrected chi connectivity index (χ0v) is 17.8. The molecule has 31 heavy (non-hydrogen) atoms. The molecule has 162 valence electrons. The molecule has 6 heteroatoms. The van der Waals surface area contributed by atoms with Crippen molar-refractivity contribution in [2.45, 2.75) is 50.8 Å². The summed E-state index contributed by atoms with van der Waals surface area (Å²) in [5.74, 6) is 0.989. The molecule has 3 aliphatic heterocycles. The van der Waals surface area contributed by atoms with Crippen LogP contribution in [0.4, 0.5) is 4.79 Å². The largest absolute Gasteiger partial charge is 0.489 e. The Morgan fingerprint density at radius 2 is 1.90 bits per heavy atom. The Morgan fingerprint density at radius 1 is 1.03 bits per heavy atom. The van der Waals surface area contributed by atoms with Gasteiger partial charge in [0.1, 0.15) is 17.9 Å². The van der Waals surface area contributed by atoms with Crippen LogP contribution >= 0.6 is 0 Å². The van der Waals surface area contributed by atoms with E-state index in [2.05, 4.69) is 35.6 Å². The van der Waals surface area contributed by atoms with Crippen molar-refractivity contribution in [1.29, 1.82) is 0 Å². The van der Waals surface area contributed by atoms with Gasteiger partial charge in [-0.2, -0.15) is 0 Å². The number of hydrogen-bond donors (Lipinski definition) is 1. The van der Waals surface area contributed by atoms with Gasteiger partial charge in [0, 0.05) is 26.2 Å². The smallest absolute Gasteiger partial charge is 0.327 e. The van der Waals surface area contributed by atoms with Gasteiger partial charge >= 0.3 is 6.03 Å². The van der Waals surface area contributed by atoms with Gasteiger partial charge in [-0.25, -0.2) is 4.79 Å². The van der Waals surface area contributed by atoms with E-state index in [9.17, 15) is 9.59 Å². The number of amides is 3. The third-order valence-electron chi connectivity index (χ3n) is 6.60. The summed E-state index contributed by atoms with van der Waals surface area (Å²) in [7, 11) is 0. The minimum atomic E-state index is -0.211. The molecule has 2 aromatic rings. The van der Waals surface area contributed by atoms with Crippen LogP contribution in [0.15, 0.2) is 48.5 Å². The normalized spacial score (nSPS) is 22.5. The van der Waals surface area contributed by atoms with Crippen LogP contribution in [0.5, 0.6) is 5.75 Å². The van der Waals surface area contributed by atoms with Crippen LogP contribution in [-0.2, 0) is 24.2 Å². The summed E-state index contributed by atoms with van der Waals surface area (Å²) in [4.78, 5) is 28.1. The van der Waals surface area contributed by atoms with Gasteiger partial charge in [0.2, 0.25) is 0 Å². The number of aryl methyl sites for hydroxylation is 1. The zero-order valence-electron chi connectivity index (χ0n) is 17.8. The molecule has 3 aliphatic rings. The molecule has 3 heterocycles. The number of carbonyl (C=O) groups is 2. The van der Waals surface area contributed by atoms with Crippen LogP contribution < -0.4 is 10.1 Å². The van der Waals surface area contributed by atoms with Gasteiger partial charge in [-0.1, -0.05) is 42.5 Å². The lowest BCUT2D eigenvalue weighted by molar-refractivity contribution is -0.127. The standard InChI is InChI=1S/C25H29N3O3/c29-24-22-8-4-13-27(22)25(30)28(24)14-12-18-5-3-6-19(15-18)16-26-17-21-11-10-20-7-1-2-9-23(20)31-21/h1-3,5-7,9,15,21-22,26H,4,8,10-14,16-17H2. The van der Waals surface area contributed by atoms with E-state index in [0.29, 0.717) is 19.5 Å². The Morgan fingerprint density at radius 3 is 2.81 bits per heavy atom. The molecular weight excluding hydrogens is 390 g/mol. The second-order valence-corrected chi connectivity index (χ2v) is 8.71. The van der Waals surface area contributed by atoms with E-state index in [4.69, 9.17) is 4.74 Å².